The highest BCUT2D eigenvalue weighted by atomic mass is 35.5. The topological polar surface area (TPSA) is 57.7 Å². The lowest BCUT2D eigenvalue weighted by Crippen LogP contribution is -2.38. The standard InChI is InChI=1S/C18H27ClN2O3S/c1-4-20(5-2)25(23,24)17-13-14(11-12-16(17)19)18(22)21(6-3)15-9-7-8-10-15/h11-13,15H,4-10H2,1-3H3. The molecule has 0 heterocycles. The van der Waals surface area contributed by atoms with Crippen molar-refractivity contribution in [2.75, 3.05) is 19.6 Å². The number of hydrogen-bond donors (Lipinski definition) is 0. The van der Waals surface area contributed by atoms with Crippen molar-refractivity contribution in [1.29, 1.82) is 0 Å². The normalized spacial score (nSPS) is 15.7. The molecule has 1 fully saturated rings. The third-order valence-corrected chi connectivity index (χ3v) is 7.40. The molecule has 0 bridgehead atoms. The van der Waals surface area contributed by atoms with Crippen molar-refractivity contribution in [2.24, 2.45) is 0 Å². The van der Waals surface area contributed by atoms with Crippen molar-refractivity contribution in [3.63, 3.8) is 0 Å². The highest BCUT2D eigenvalue weighted by molar-refractivity contribution is 7.89. The predicted molar refractivity (Wildman–Crippen MR) is 101 cm³/mol. The van der Waals surface area contributed by atoms with Crippen LogP contribution in [-0.4, -0.2) is 49.2 Å². The third-order valence-electron chi connectivity index (χ3n) is 4.87. The summed E-state index contributed by atoms with van der Waals surface area (Å²) in [5.74, 6) is -0.123. The van der Waals surface area contributed by atoms with Crippen molar-refractivity contribution in [1.82, 2.24) is 9.21 Å². The van der Waals surface area contributed by atoms with Gasteiger partial charge >= 0.3 is 0 Å². The molecule has 1 aromatic rings. The molecule has 140 valence electrons. The van der Waals surface area contributed by atoms with E-state index >= 15 is 0 Å². The number of sulfonamides is 1. The Morgan fingerprint density at radius 1 is 1.12 bits per heavy atom. The fraction of sp³-hybridized carbons (Fsp3) is 0.611. The molecule has 0 aromatic heterocycles. The van der Waals surface area contributed by atoms with Crippen LogP contribution in [0.15, 0.2) is 23.1 Å². The van der Waals surface area contributed by atoms with Crippen LogP contribution in [0.5, 0.6) is 0 Å². The Morgan fingerprint density at radius 2 is 1.72 bits per heavy atom. The number of rotatable bonds is 7. The second-order valence-corrected chi connectivity index (χ2v) is 8.58. The van der Waals surface area contributed by atoms with Crippen LogP contribution in [0.1, 0.15) is 56.8 Å². The monoisotopic (exact) mass is 386 g/mol. The fourth-order valence-corrected chi connectivity index (χ4v) is 5.44. The van der Waals surface area contributed by atoms with E-state index in [0.717, 1.165) is 25.7 Å². The number of hydrogen-bond acceptors (Lipinski definition) is 3. The van der Waals surface area contributed by atoms with Crippen LogP contribution >= 0.6 is 11.6 Å². The number of benzene rings is 1. The van der Waals surface area contributed by atoms with Gasteiger partial charge < -0.3 is 4.90 Å². The molecule has 25 heavy (non-hydrogen) atoms. The van der Waals surface area contributed by atoms with E-state index in [-0.39, 0.29) is 21.9 Å². The van der Waals surface area contributed by atoms with Crippen molar-refractivity contribution < 1.29 is 13.2 Å². The molecule has 0 N–H and O–H groups in total. The van der Waals surface area contributed by atoms with Crippen LogP contribution < -0.4 is 0 Å². The molecule has 7 heteroatoms. The smallest absolute Gasteiger partial charge is 0.254 e. The van der Waals surface area contributed by atoms with E-state index in [2.05, 4.69) is 0 Å². The highest BCUT2D eigenvalue weighted by Gasteiger charge is 2.29. The summed E-state index contributed by atoms with van der Waals surface area (Å²) in [5, 5.41) is 0.146. The summed E-state index contributed by atoms with van der Waals surface area (Å²) in [6.45, 7) is 6.85. The lowest BCUT2D eigenvalue weighted by atomic mass is 10.1. The van der Waals surface area contributed by atoms with Gasteiger partial charge in [-0.3, -0.25) is 4.79 Å². The number of carbonyl (C=O) groups excluding carboxylic acids is 1. The first kappa shape index (κ1) is 20.2. The number of halogens is 1. The molecule has 1 aliphatic rings. The van der Waals surface area contributed by atoms with E-state index in [1.54, 1.807) is 19.9 Å². The lowest BCUT2D eigenvalue weighted by Gasteiger charge is -2.28. The van der Waals surface area contributed by atoms with E-state index in [1.165, 1.54) is 16.4 Å². The molecule has 0 saturated heterocycles. The van der Waals surface area contributed by atoms with E-state index in [4.69, 9.17) is 11.6 Å². The first-order valence-corrected chi connectivity index (χ1v) is 10.8. The van der Waals surface area contributed by atoms with Gasteiger partial charge in [0, 0.05) is 31.2 Å². The first-order chi connectivity index (χ1) is 11.9. The molecule has 0 spiro atoms. The summed E-state index contributed by atoms with van der Waals surface area (Å²) >= 11 is 6.15. The van der Waals surface area contributed by atoms with Gasteiger partial charge in [-0.25, -0.2) is 8.42 Å². The molecule has 2 rings (SSSR count). The first-order valence-electron chi connectivity index (χ1n) is 8.97. The van der Waals surface area contributed by atoms with Gasteiger partial charge in [-0.15, -0.1) is 0 Å². The quantitative estimate of drug-likeness (QED) is 0.716. The average molecular weight is 387 g/mol. The maximum absolute atomic E-state index is 12.9. The Balaban J connectivity index is 2.39. The molecule has 5 nitrogen and oxygen atoms in total. The molecule has 1 amide bonds. The SMILES string of the molecule is CCN(C(=O)c1ccc(Cl)c(S(=O)(=O)N(CC)CC)c1)C1CCCC1. The summed E-state index contributed by atoms with van der Waals surface area (Å²) in [6.07, 6.45) is 4.29. The van der Waals surface area contributed by atoms with E-state index in [1.807, 2.05) is 11.8 Å². The van der Waals surface area contributed by atoms with Gasteiger partial charge in [-0.1, -0.05) is 38.3 Å². The van der Waals surface area contributed by atoms with E-state index in [9.17, 15) is 13.2 Å². The van der Waals surface area contributed by atoms with Gasteiger partial charge in [0.15, 0.2) is 0 Å². The van der Waals surface area contributed by atoms with E-state index < -0.39 is 10.0 Å². The lowest BCUT2D eigenvalue weighted by molar-refractivity contribution is 0.0693. The maximum atomic E-state index is 12.9. The van der Waals surface area contributed by atoms with Crippen LogP contribution in [0.25, 0.3) is 0 Å². The molecular weight excluding hydrogens is 360 g/mol. The molecule has 1 saturated carbocycles. The van der Waals surface area contributed by atoms with Crippen molar-refractivity contribution >= 4 is 27.5 Å². The summed E-state index contributed by atoms with van der Waals surface area (Å²) in [7, 11) is -3.71. The number of nitrogens with zero attached hydrogens (tertiary/aromatic N) is 2. The van der Waals surface area contributed by atoms with Crippen LogP contribution in [-0.2, 0) is 10.0 Å². The van der Waals surface area contributed by atoms with Gasteiger partial charge in [0.1, 0.15) is 4.90 Å². The Morgan fingerprint density at radius 3 is 2.24 bits per heavy atom. The average Bonchev–Trinajstić information content (AvgIpc) is 3.10. The van der Waals surface area contributed by atoms with Gasteiger partial charge in [0.25, 0.3) is 5.91 Å². The third kappa shape index (κ3) is 4.18. The molecule has 1 aromatic carbocycles. The summed E-state index contributed by atoms with van der Waals surface area (Å²) in [4.78, 5) is 14.8. The van der Waals surface area contributed by atoms with Gasteiger partial charge in [0.05, 0.1) is 5.02 Å². The second kappa shape index (κ2) is 8.52. The highest BCUT2D eigenvalue weighted by Crippen LogP contribution is 2.28. The molecule has 1 aliphatic carbocycles. The zero-order chi connectivity index (χ0) is 18.6. The van der Waals surface area contributed by atoms with Crippen molar-refractivity contribution in [2.45, 2.75) is 57.4 Å². The minimum Gasteiger partial charge on any atom is -0.336 e. The summed E-state index contributed by atoms with van der Waals surface area (Å²) < 4.78 is 26.9. The van der Waals surface area contributed by atoms with Crippen LogP contribution in [0.4, 0.5) is 0 Å². The van der Waals surface area contributed by atoms with Gasteiger partial charge in [-0.05, 0) is 38.0 Å². The molecule has 0 atom stereocenters. The fourth-order valence-electron chi connectivity index (χ4n) is 3.49. The number of carbonyl (C=O) groups is 1. The second-order valence-electron chi connectivity index (χ2n) is 6.26. The zero-order valence-corrected chi connectivity index (χ0v) is 16.7. The molecular formula is C18H27ClN2O3S. The van der Waals surface area contributed by atoms with Crippen molar-refractivity contribution in [3.8, 4) is 0 Å². The van der Waals surface area contributed by atoms with Crippen molar-refractivity contribution in [3.05, 3.63) is 28.8 Å². The minimum atomic E-state index is -3.71. The Hall–Kier alpha value is -1.11. The van der Waals surface area contributed by atoms with Crippen LogP contribution in [0.3, 0.4) is 0 Å². The van der Waals surface area contributed by atoms with Gasteiger partial charge in [-0.2, -0.15) is 4.31 Å². The Labute approximate surface area is 156 Å². The zero-order valence-electron chi connectivity index (χ0n) is 15.2. The summed E-state index contributed by atoms with van der Waals surface area (Å²) in [5.41, 5.74) is 0.379. The summed E-state index contributed by atoms with van der Waals surface area (Å²) in [6, 6.07) is 4.80. The molecule has 0 radical (unpaired) electrons. The Kier molecular flexibility index (Phi) is 6.88. The van der Waals surface area contributed by atoms with Crippen LogP contribution in [0.2, 0.25) is 5.02 Å². The van der Waals surface area contributed by atoms with Gasteiger partial charge in [0.2, 0.25) is 10.0 Å². The maximum Gasteiger partial charge on any atom is 0.254 e. The number of amides is 1. The van der Waals surface area contributed by atoms with Crippen LogP contribution in [0, 0.1) is 0 Å². The minimum absolute atomic E-state index is 0.00573. The molecule has 0 unspecified atom stereocenters. The largest absolute Gasteiger partial charge is 0.336 e. The predicted octanol–water partition coefficient (Wildman–Crippen LogP) is 3.78. The molecule has 0 aliphatic heterocycles. The Bertz CT molecular complexity index is 711. The van der Waals surface area contributed by atoms with E-state index in [0.29, 0.717) is 25.2 Å².